The van der Waals surface area contributed by atoms with E-state index in [0.717, 1.165) is 5.56 Å². The quantitative estimate of drug-likeness (QED) is 0.337. The van der Waals surface area contributed by atoms with Crippen molar-refractivity contribution in [2.24, 2.45) is 10.2 Å². The second kappa shape index (κ2) is 9.35. The van der Waals surface area contributed by atoms with Crippen molar-refractivity contribution in [2.45, 2.75) is 31.6 Å². The zero-order valence-corrected chi connectivity index (χ0v) is 18.7. The lowest BCUT2D eigenvalue weighted by Crippen LogP contribution is -2.15. The number of carbonyl (C=O) groups excluding carboxylic acids is 1. The third kappa shape index (κ3) is 5.33. The van der Waals surface area contributed by atoms with Gasteiger partial charge in [-0.25, -0.2) is 0 Å². The van der Waals surface area contributed by atoms with E-state index >= 15 is 0 Å². The minimum Gasteiger partial charge on any atom is -0.481 e. The molecule has 0 saturated carbocycles. The van der Waals surface area contributed by atoms with Crippen molar-refractivity contribution in [3.8, 4) is 0 Å². The smallest absolute Gasteiger partial charge is 0.303 e. The normalized spacial score (nSPS) is 15.5. The molecule has 2 heterocycles. The van der Waals surface area contributed by atoms with Gasteiger partial charge in [-0.05, 0) is 56.2 Å². The summed E-state index contributed by atoms with van der Waals surface area (Å²) in [6, 6.07) is 5.14. The molecule has 1 amide bonds. The van der Waals surface area contributed by atoms with Gasteiger partial charge in [-0.15, -0.1) is 10.2 Å². The maximum atomic E-state index is 12.0. The van der Waals surface area contributed by atoms with Crippen molar-refractivity contribution in [3.05, 3.63) is 70.6 Å². The molecule has 1 aromatic heterocycles. The number of hydrogen-bond acceptors (Lipinski definition) is 6. The summed E-state index contributed by atoms with van der Waals surface area (Å²) in [5.74, 6) is -0.848. The Morgan fingerprint density at radius 3 is 2.42 bits per heavy atom. The number of amides is 1. The second-order valence-corrected chi connectivity index (χ2v) is 8.73. The average Bonchev–Trinajstić information content (AvgIpc) is 3.19. The molecule has 0 atom stereocenters. The number of aromatic nitrogens is 1. The van der Waals surface area contributed by atoms with E-state index in [1.165, 1.54) is 24.3 Å². The van der Waals surface area contributed by atoms with Gasteiger partial charge in [0.1, 0.15) is 0 Å². The van der Waals surface area contributed by atoms with Gasteiger partial charge in [0.25, 0.3) is 16.0 Å². The number of H-pyrrole nitrogens is 1. The van der Waals surface area contributed by atoms with Crippen LogP contribution in [0.3, 0.4) is 0 Å². The Balaban J connectivity index is 1.99. The Hall–Kier alpha value is -3.83. The van der Waals surface area contributed by atoms with Crippen molar-refractivity contribution in [2.75, 3.05) is 0 Å². The van der Waals surface area contributed by atoms with Crippen LogP contribution in [-0.2, 0) is 26.1 Å². The number of nitrogens with zero attached hydrogens (tertiary/aromatic N) is 2. The monoisotopic (exact) mass is 470 g/mol. The number of allylic oxidation sites excluding steroid dienone is 1. The van der Waals surface area contributed by atoms with E-state index in [9.17, 15) is 18.0 Å². The third-order valence-corrected chi connectivity index (χ3v) is 6.03. The number of benzene rings is 1. The second-order valence-electron chi connectivity index (χ2n) is 7.31. The fourth-order valence-corrected chi connectivity index (χ4v) is 3.81. The number of hydrogen-bond donors (Lipinski definition) is 4. The Morgan fingerprint density at radius 1 is 1.18 bits per heavy atom. The maximum Gasteiger partial charge on any atom is 0.303 e. The zero-order valence-electron chi connectivity index (χ0n) is 17.9. The molecule has 0 radical (unpaired) electrons. The summed E-state index contributed by atoms with van der Waals surface area (Å²) >= 11 is 0. The predicted molar refractivity (Wildman–Crippen MR) is 121 cm³/mol. The fourth-order valence-electron chi connectivity index (χ4n) is 3.33. The number of carboxylic acid groups (broad SMARTS) is 1. The van der Waals surface area contributed by atoms with Crippen LogP contribution in [0.5, 0.6) is 0 Å². The molecule has 0 aliphatic carbocycles. The summed E-state index contributed by atoms with van der Waals surface area (Å²) in [5.41, 5.74) is 4.12. The minimum absolute atomic E-state index is 0.117. The molecular formula is C22H22N4O6S. The van der Waals surface area contributed by atoms with Gasteiger partial charge < -0.3 is 15.4 Å². The van der Waals surface area contributed by atoms with Crippen LogP contribution in [0.4, 0.5) is 11.5 Å². The van der Waals surface area contributed by atoms with E-state index < -0.39 is 16.1 Å². The van der Waals surface area contributed by atoms with Crippen molar-refractivity contribution < 1.29 is 27.7 Å². The number of aromatic amines is 1. The molecule has 2 aromatic rings. The standard InChI is InChI=1S/C22H22N4O6S/c1-4-16-13(3)22(29)24-19(16)11-18-12(2)17(9-10-20(27)28)21(23-18)26-25-14-5-7-15(8-6-14)33(30,31)32/h4-8,11,23H,1,9-10H2,2-3H3,(H,24,29)(H,27,28)(H,30,31,32)/b19-11-,26-25?. The lowest BCUT2D eigenvalue weighted by molar-refractivity contribution is -0.137. The van der Waals surface area contributed by atoms with Crippen molar-refractivity contribution in [3.63, 3.8) is 0 Å². The first-order chi connectivity index (χ1) is 15.5. The Bertz CT molecular complexity index is 1330. The van der Waals surface area contributed by atoms with Crippen LogP contribution < -0.4 is 5.32 Å². The van der Waals surface area contributed by atoms with E-state index in [-0.39, 0.29) is 23.6 Å². The maximum absolute atomic E-state index is 12.0. The summed E-state index contributed by atoms with van der Waals surface area (Å²) in [7, 11) is -4.32. The summed E-state index contributed by atoms with van der Waals surface area (Å²) in [4.78, 5) is 26.0. The molecule has 1 aromatic carbocycles. The van der Waals surface area contributed by atoms with Gasteiger partial charge >= 0.3 is 5.97 Å². The lowest BCUT2D eigenvalue weighted by Gasteiger charge is -2.02. The first-order valence-electron chi connectivity index (χ1n) is 9.80. The summed E-state index contributed by atoms with van der Waals surface area (Å²) < 4.78 is 31.4. The molecule has 0 bridgehead atoms. The van der Waals surface area contributed by atoms with Crippen LogP contribution >= 0.6 is 0 Å². The molecule has 1 aliphatic heterocycles. The van der Waals surface area contributed by atoms with Crippen LogP contribution in [-0.4, -0.2) is 34.9 Å². The van der Waals surface area contributed by atoms with Crippen LogP contribution in [0, 0.1) is 6.92 Å². The summed E-state index contributed by atoms with van der Waals surface area (Å²) in [6.45, 7) is 7.25. The first kappa shape index (κ1) is 23.8. The number of carbonyl (C=O) groups is 2. The molecule has 0 unspecified atom stereocenters. The topological polar surface area (TPSA) is 161 Å². The van der Waals surface area contributed by atoms with E-state index in [0.29, 0.717) is 39.6 Å². The Morgan fingerprint density at radius 2 is 1.85 bits per heavy atom. The molecule has 0 saturated heterocycles. The highest BCUT2D eigenvalue weighted by Gasteiger charge is 2.23. The summed E-state index contributed by atoms with van der Waals surface area (Å²) in [5, 5.41) is 20.2. The fraction of sp³-hybridized carbons (Fsp3) is 0.182. The van der Waals surface area contributed by atoms with Gasteiger partial charge in [0.2, 0.25) is 0 Å². The number of azo groups is 1. The minimum atomic E-state index is -4.32. The number of carboxylic acids is 1. The Labute approximate surface area is 190 Å². The molecule has 0 fully saturated rings. The molecule has 0 spiro atoms. The van der Waals surface area contributed by atoms with E-state index in [4.69, 9.17) is 9.66 Å². The molecule has 10 nitrogen and oxygen atoms in total. The van der Waals surface area contributed by atoms with Gasteiger partial charge in [0.15, 0.2) is 5.82 Å². The number of rotatable bonds is 8. The summed E-state index contributed by atoms with van der Waals surface area (Å²) in [6.07, 6.45) is 3.39. The van der Waals surface area contributed by atoms with Crippen LogP contribution in [0.15, 0.2) is 68.9 Å². The van der Waals surface area contributed by atoms with Gasteiger partial charge in [0, 0.05) is 28.8 Å². The van der Waals surface area contributed by atoms with Crippen molar-refractivity contribution >= 4 is 39.6 Å². The molecule has 11 heteroatoms. The number of nitrogens with one attached hydrogen (secondary N) is 2. The van der Waals surface area contributed by atoms with Crippen LogP contribution in [0.1, 0.15) is 30.2 Å². The molecular weight excluding hydrogens is 448 g/mol. The van der Waals surface area contributed by atoms with Gasteiger partial charge in [0.05, 0.1) is 16.3 Å². The van der Waals surface area contributed by atoms with Crippen LogP contribution in [0.2, 0.25) is 0 Å². The van der Waals surface area contributed by atoms with E-state index in [1.54, 1.807) is 26.0 Å². The Kier molecular flexibility index (Phi) is 6.75. The highest BCUT2D eigenvalue weighted by Crippen LogP contribution is 2.31. The highest BCUT2D eigenvalue weighted by molar-refractivity contribution is 7.85. The third-order valence-electron chi connectivity index (χ3n) is 5.16. The zero-order chi connectivity index (χ0) is 24.3. The first-order valence-corrected chi connectivity index (χ1v) is 11.2. The molecule has 4 N–H and O–H groups in total. The highest BCUT2D eigenvalue weighted by atomic mass is 32.2. The molecule has 33 heavy (non-hydrogen) atoms. The van der Waals surface area contributed by atoms with Crippen molar-refractivity contribution in [1.82, 2.24) is 10.3 Å². The largest absolute Gasteiger partial charge is 0.481 e. The van der Waals surface area contributed by atoms with Gasteiger partial charge in [-0.3, -0.25) is 14.1 Å². The predicted octanol–water partition coefficient (Wildman–Crippen LogP) is 3.98. The van der Waals surface area contributed by atoms with Crippen LogP contribution in [0.25, 0.3) is 6.08 Å². The van der Waals surface area contributed by atoms with E-state index in [2.05, 4.69) is 27.1 Å². The molecule has 172 valence electrons. The number of aliphatic carboxylic acids is 1. The molecule has 1 aliphatic rings. The average molecular weight is 471 g/mol. The van der Waals surface area contributed by atoms with E-state index in [1.807, 2.05) is 0 Å². The molecule has 3 rings (SSSR count). The van der Waals surface area contributed by atoms with Gasteiger partial charge in [-0.2, -0.15) is 8.42 Å². The lowest BCUT2D eigenvalue weighted by atomic mass is 10.0. The van der Waals surface area contributed by atoms with Crippen molar-refractivity contribution in [1.29, 1.82) is 0 Å². The SMILES string of the molecule is C=CC1=C(C)C(=O)N/C1=C\c1[nH]c(N=Nc2ccc(S(=O)(=O)O)cc2)c(CCC(=O)O)c1C. The van der Waals surface area contributed by atoms with Gasteiger partial charge in [-0.1, -0.05) is 12.7 Å².